The van der Waals surface area contributed by atoms with Gasteiger partial charge < -0.3 is 10.5 Å². The lowest BCUT2D eigenvalue weighted by Crippen LogP contribution is -2.28. The predicted molar refractivity (Wildman–Crippen MR) is 56.9 cm³/mol. The summed E-state index contributed by atoms with van der Waals surface area (Å²) in [7, 11) is 0. The van der Waals surface area contributed by atoms with Gasteiger partial charge in [-0.15, -0.1) is 0 Å². The average Bonchev–Trinajstić information content (AvgIpc) is 2.30. The fourth-order valence-electron chi connectivity index (χ4n) is 2.10. The van der Waals surface area contributed by atoms with Crippen LogP contribution >= 0.6 is 0 Å². The van der Waals surface area contributed by atoms with Gasteiger partial charge in [0.2, 0.25) is 0 Å². The molecular formula is C12H17NO. The van der Waals surface area contributed by atoms with Crippen LogP contribution in [0.1, 0.15) is 24.5 Å². The van der Waals surface area contributed by atoms with Crippen molar-refractivity contribution in [2.75, 3.05) is 13.2 Å². The average molecular weight is 191 g/mol. The largest absolute Gasteiger partial charge is 0.373 e. The molecule has 0 amide bonds. The second kappa shape index (κ2) is 4.58. The third kappa shape index (κ3) is 1.97. The van der Waals surface area contributed by atoms with Crippen LogP contribution in [-0.4, -0.2) is 13.2 Å². The van der Waals surface area contributed by atoms with E-state index in [1.807, 2.05) is 6.07 Å². The van der Waals surface area contributed by atoms with Crippen molar-refractivity contribution >= 4 is 0 Å². The fourth-order valence-corrected chi connectivity index (χ4v) is 2.10. The molecule has 2 atom stereocenters. The van der Waals surface area contributed by atoms with Crippen molar-refractivity contribution in [3.05, 3.63) is 35.9 Å². The van der Waals surface area contributed by atoms with Crippen LogP contribution in [0.2, 0.25) is 0 Å². The van der Waals surface area contributed by atoms with Gasteiger partial charge in [-0.25, -0.2) is 0 Å². The van der Waals surface area contributed by atoms with E-state index in [9.17, 15) is 0 Å². The van der Waals surface area contributed by atoms with E-state index in [1.165, 1.54) is 12.0 Å². The molecule has 0 aliphatic carbocycles. The number of hydrogen-bond acceptors (Lipinski definition) is 2. The molecule has 2 heteroatoms. The van der Waals surface area contributed by atoms with E-state index < -0.39 is 0 Å². The maximum absolute atomic E-state index is 5.79. The maximum Gasteiger partial charge on any atom is 0.0865 e. The van der Waals surface area contributed by atoms with Crippen molar-refractivity contribution in [2.45, 2.75) is 18.9 Å². The Morgan fingerprint density at radius 2 is 2.07 bits per heavy atom. The molecule has 0 bridgehead atoms. The van der Waals surface area contributed by atoms with Gasteiger partial charge in [0.05, 0.1) is 6.10 Å². The predicted octanol–water partition coefficient (Wildman–Crippen LogP) is 2.11. The highest BCUT2D eigenvalue weighted by molar-refractivity contribution is 5.18. The van der Waals surface area contributed by atoms with Gasteiger partial charge in [0.25, 0.3) is 0 Å². The second-order valence-corrected chi connectivity index (χ2v) is 3.84. The Bertz CT molecular complexity index is 273. The highest BCUT2D eigenvalue weighted by Gasteiger charge is 2.25. The molecule has 14 heavy (non-hydrogen) atoms. The molecule has 0 spiro atoms. The van der Waals surface area contributed by atoms with Crippen molar-refractivity contribution in [2.24, 2.45) is 11.7 Å². The maximum atomic E-state index is 5.79. The molecule has 1 heterocycles. The highest BCUT2D eigenvalue weighted by atomic mass is 16.5. The van der Waals surface area contributed by atoms with E-state index in [4.69, 9.17) is 10.5 Å². The molecule has 76 valence electrons. The Balaban J connectivity index is 2.15. The third-order valence-corrected chi connectivity index (χ3v) is 2.88. The molecule has 0 radical (unpaired) electrons. The van der Waals surface area contributed by atoms with Gasteiger partial charge in [0.1, 0.15) is 0 Å². The first-order valence-electron chi connectivity index (χ1n) is 5.28. The standard InChI is InChI=1S/C12H17NO/c13-9-11-7-4-8-14-12(11)10-5-2-1-3-6-10/h1-3,5-6,11-12H,4,7-9,13H2. The summed E-state index contributed by atoms with van der Waals surface area (Å²) in [5.41, 5.74) is 7.02. The van der Waals surface area contributed by atoms with E-state index >= 15 is 0 Å². The zero-order valence-electron chi connectivity index (χ0n) is 8.36. The molecule has 1 saturated heterocycles. The van der Waals surface area contributed by atoms with Crippen molar-refractivity contribution in [3.8, 4) is 0 Å². The topological polar surface area (TPSA) is 35.2 Å². The lowest BCUT2D eigenvalue weighted by molar-refractivity contribution is -0.0251. The number of ether oxygens (including phenoxy) is 1. The summed E-state index contributed by atoms with van der Waals surface area (Å²) in [4.78, 5) is 0. The van der Waals surface area contributed by atoms with Crippen LogP contribution in [0.3, 0.4) is 0 Å². The summed E-state index contributed by atoms with van der Waals surface area (Å²) in [6.45, 7) is 1.59. The summed E-state index contributed by atoms with van der Waals surface area (Å²) in [6, 6.07) is 10.4. The Kier molecular flexibility index (Phi) is 3.17. The quantitative estimate of drug-likeness (QED) is 0.777. The van der Waals surface area contributed by atoms with Crippen LogP contribution in [0.15, 0.2) is 30.3 Å². The van der Waals surface area contributed by atoms with Crippen molar-refractivity contribution in [3.63, 3.8) is 0 Å². The molecule has 1 fully saturated rings. The number of rotatable bonds is 2. The Morgan fingerprint density at radius 1 is 1.29 bits per heavy atom. The van der Waals surface area contributed by atoms with Gasteiger partial charge in [-0.05, 0) is 24.9 Å². The van der Waals surface area contributed by atoms with Crippen LogP contribution in [-0.2, 0) is 4.74 Å². The molecule has 1 aromatic rings. The van der Waals surface area contributed by atoms with Crippen LogP contribution < -0.4 is 5.73 Å². The molecule has 2 N–H and O–H groups in total. The lowest BCUT2D eigenvalue weighted by Gasteiger charge is -2.31. The smallest absolute Gasteiger partial charge is 0.0865 e. The van der Waals surface area contributed by atoms with Crippen LogP contribution in [0.25, 0.3) is 0 Å². The normalized spacial score (nSPS) is 27.5. The number of benzene rings is 1. The summed E-state index contributed by atoms with van der Waals surface area (Å²) >= 11 is 0. The first kappa shape index (κ1) is 9.69. The summed E-state index contributed by atoms with van der Waals surface area (Å²) < 4.78 is 5.79. The molecule has 1 aliphatic rings. The minimum absolute atomic E-state index is 0.218. The number of nitrogens with two attached hydrogens (primary N) is 1. The van der Waals surface area contributed by atoms with Crippen molar-refractivity contribution < 1.29 is 4.74 Å². The first-order chi connectivity index (χ1) is 6.92. The Morgan fingerprint density at radius 3 is 2.79 bits per heavy atom. The van der Waals surface area contributed by atoms with E-state index in [2.05, 4.69) is 24.3 Å². The van der Waals surface area contributed by atoms with E-state index in [0.717, 1.165) is 19.6 Å². The molecule has 0 saturated carbocycles. The molecule has 0 aromatic heterocycles. The third-order valence-electron chi connectivity index (χ3n) is 2.88. The zero-order valence-corrected chi connectivity index (χ0v) is 8.36. The number of hydrogen-bond donors (Lipinski definition) is 1. The zero-order chi connectivity index (χ0) is 9.80. The molecule has 2 nitrogen and oxygen atoms in total. The minimum Gasteiger partial charge on any atom is -0.373 e. The summed E-state index contributed by atoms with van der Waals surface area (Å²) in [5, 5.41) is 0. The molecule has 2 rings (SSSR count). The highest BCUT2D eigenvalue weighted by Crippen LogP contribution is 2.32. The van der Waals surface area contributed by atoms with Gasteiger partial charge >= 0.3 is 0 Å². The Labute approximate surface area is 85.1 Å². The molecule has 1 aliphatic heterocycles. The molecule has 1 aromatic carbocycles. The van der Waals surface area contributed by atoms with Gasteiger partial charge in [-0.1, -0.05) is 30.3 Å². The summed E-state index contributed by atoms with van der Waals surface area (Å²) in [6.07, 6.45) is 2.55. The molecular weight excluding hydrogens is 174 g/mol. The van der Waals surface area contributed by atoms with Crippen molar-refractivity contribution in [1.29, 1.82) is 0 Å². The van der Waals surface area contributed by atoms with Crippen LogP contribution in [0.4, 0.5) is 0 Å². The van der Waals surface area contributed by atoms with Gasteiger partial charge in [-0.2, -0.15) is 0 Å². The fraction of sp³-hybridized carbons (Fsp3) is 0.500. The monoisotopic (exact) mass is 191 g/mol. The van der Waals surface area contributed by atoms with E-state index in [0.29, 0.717) is 5.92 Å². The van der Waals surface area contributed by atoms with Gasteiger partial charge in [-0.3, -0.25) is 0 Å². The van der Waals surface area contributed by atoms with Gasteiger partial charge in [0, 0.05) is 12.5 Å². The van der Waals surface area contributed by atoms with Crippen LogP contribution in [0.5, 0.6) is 0 Å². The molecule has 2 unspecified atom stereocenters. The first-order valence-corrected chi connectivity index (χ1v) is 5.28. The van der Waals surface area contributed by atoms with Crippen LogP contribution in [0, 0.1) is 5.92 Å². The van der Waals surface area contributed by atoms with Crippen molar-refractivity contribution in [1.82, 2.24) is 0 Å². The second-order valence-electron chi connectivity index (χ2n) is 3.84. The van der Waals surface area contributed by atoms with Gasteiger partial charge in [0.15, 0.2) is 0 Å². The minimum atomic E-state index is 0.218. The lowest BCUT2D eigenvalue weighted by atomic mass is 9.90. The Hall–Kier alpha value is -0.860. The van der Waals surface area contributed by atoms with E-state index in [1.54, 1.807) is 0 Å². The summed E-state index contributed by atoms with van der Waals surface area (Å²) in [5.74, 6) is 0.492. The van der Waals surface area contributed by atoms with E-state index in [-0.39, 0.29) is 6.10 Å². The SMILES string of the molecule is NCC1CCCOC1c1ccccc1.